The zero-order chi connectivity index (χ0) is 15.6. The smallest absolute Gasteiger partial charge is 0.167 e. The predicted molar refractivity (Wildman–Crippen MR) is 92.2 cm³/mol. The summed E-state index contributed by atoms with van der Waals surface area (Å²) >= 11 is 1.73. The van der Waals surface area contributed by atoms with E-state index >= 15 is 0 Å². The van der Waals surface area contributed by atoms with Gasteiger partial charge in [-0.1, -0.05) is 30.3 Å². The molecule has 2 atom stereocenters. The van der Waals surface area contributed by atoms with Gasteiger partial charge in [-0.05, 0) is 37.3 Å². The van der Waals surface area contributed by atoms with Gasteiger partial charge < -0.3 is 0 Å². The summed E-state index contributed by atoms with van der Waals surface area (Å²) < 4.78 is 1.84. The maximum absolute atomic E-state index is 4.87. The Balaban J connectivity index is 1.60. The molecule has 0 saturated heterocycles. The second-order valence-corrected chi connectivity index (χ2v) is 7.51. The van der Waals surface area contributed by atoms with Crippen LogP contribution in [-0.2, 0) is 0 Å². The highest BCUT2D eigenvalue weighted by Crippen LogP contribution is 2.53. The molecular formula is C18H16N4S. The van der Waals surface area contributed by atoms with E-state index in [1.165, 1.54) is 16.0 Å². The van der Waals surface area contributed by atoms with Gasteiger partial charge in [-0.25, -0.2) is 14.5 Å². The monoisotopic (exact) mass is 320 g/mol. The van der Waals surface area contributed by atoms with Gasteiger partial charge >= 0.3 is 0 Å². The third kappa shape index (κ3) is 1.93. The summed E-state index contributed by atoms with van der Waals surface area (Å²) in [6.45, 7) is 4.29. The molecule has 23 heavy (non-hydrogen) atoms. The Kier molecular flexibility index (Phi) is 2.65. The van der Waals surface area contributed by atoms with Gasteiger partial charge in [-0.3, -0.25) is 0 Å². The number of aromatic nitrogens is 4. The van der Waals surface area contributed by atoms with Crippen LogP contribution in [0.1, 0.15) is 40.1 Å². The molecule has 114 valence electrons. The fourth-order valence-corrected chi connectivity index (χ4v) is 4.36. The molecule has 4 nitrogen and oxygen atoms in total. The Labute approximate surface area is 137 Å². The number of thiophene rings is 1. The van der Waals surface area contributed by atoms with Crippen molar-refractivity contribution in [2.45, 2.75) is 32.1 Å². The summed E-state index contributed by atoms with van der Waals surface area (Å²) in [5.41, 5.74) is 3.62. The van der Waals surface area contributed by atoms with Crippen molar-refractivity contribution in [2.75, 3.05) is 0 Å². The number of fused-ring (bicyclic) bond motifs is 3. The van der Waals surface area contributed by atoms with Crippen LogP contribution in [0, 0.1) is 13.8 Å². The third-order valence-electron chi connectivity index (χ3n) is 4.87. The normalized spacial score (nSPS) is 20.4. The molecule has 0 aliphatic heterocycles. The van der Waals surface area contributed by atoms with Gasteiger partial charge in [0.15, 0.2) is 11.5 Å². The predicted octanol–water partition coefficient (Wildman–Crippen LogP) is 4.23. The van der Waals surface area contributed by atoms with Crippen molar-refractivity contribution in [1.82, 2.24) is 19.6 Å². The van der Waals surface area contributed by atoms with Gasteiger partial charge in [0.05, 0.1) is 5.39 Å². The minimum absolute atomic E-state index is 0.437. The molecule has 1 aliphatic rings. The highest BCUT2D eigenvalue weighted by molar-refractivity contribution is 7.18. The molecular weight excluding hydrogens is 304 g/mol. The average Bonchev–Trinajstić information content (AvgIpc) is 3.17. The molecule has 1 aliphatic carbocycles. The van der Waals surface area contributed by atoms with Crippen molar-refractivity contribution in [3.63, 3.8) is 0 Å². The molecule has 0 radical (unpaired) electrons. The summed E-state index contributed by atoms with van der Waals surface area (Å²) in [5, 5.41) is 5.86. The second-order valence-electron chi connectivity index (χ2n) is 6.31. The lowest BCUT2D eigenvalue weighted by Crippen LogP contribution is -1.91. The minimum Gasteiger partial charge on any atom is -0.225 e. The Morgan fingerprint density at radius 3 is 2.78 bits per heavy atom. The molecule has 1 aromatic carbocycles. The molecule has 5 rings (SSSR count). The van der Waals surface area contributed by atoms with Crippen LogP contribution in [0.2, 0.25) is 0 Å². The van der Waals surface area contributed by atoms with Gasteiger partial charge in [-0.15, -0.1) is 16.4 Å². The quantitative estimate of drug-likeness (QED) is 0.555. The molecule has 1 saturated carbocycles. The molecule has 0 bridgehead atoms. The molecule has 0 N–H and O–H groups in total. The van der Waals surface area contributed by atoms with Gasteiger partial charge in [0.2, 0.25) is 0 Å². The highest BCUT2D eigenvalue weighted by Gasteiger charge is 2.42. The summed E-state index contributed by atoms with van der Waals surface area (Å²) in [7, 11) is 0. The van der Waals surface area contributed by atoms with E-state index in [0.29, 0.717) is 11.8 Å². The third-order valence-corrected chi connectivity index (χ3v) is 5.99. The van der Waals surface area contributed by atoms with Crippen LogP contribution in [0.5, 0.6) is 0 Å². The van der Waals surface area contributed by atoms with Crippen molar-refractivity contribution >= 4 is 27.2 Å². The van der Waals surface area contributed by atoms with Crippen molar-refractivity contribution in [3.05, 3.63) is 58.5 Å². The van der Waals surface area contributed by atoms with Crippen molar-refractivity contribution in [3.8, 4) is 0 Å². The largest absolute Gasteiger partial charge is 0.225 e. The van der Waals surface area contributed by atoms with Crippen LogP contribution in [0.25, 0.3) is 15.9 Å². The van der Waals surface area contributed by atoms with Crippen LogP contribution < -0.4 is 0 Å². The van der Waals surface area contributed by atoms with Gasteiger partial charge in [0.1, 0.15) is 11.2 Å². The fourth-order valence-electron chi connectivity index (χ4n) is 3.37. The summed E-state index contributed by atoms with van der Waals surface area (Å²) in [5.74, 6) is 1.95. The Bertz CT molecular complexity index is 1030. The average molecular weight is 320 g/mol. The first-order chi connectivity index (χ1) is 11.2. The molecule has 3 aromatic heterocycles. The SMILES string of the molecule is Cc1sc2ncn3nc(C4CC4c4ccccc4)nc3c2c1C. The zero-order valence-corrected chi connectivity index (χ0v) is 13.8. The van der Waals surface area contributed by atoms with Crippen LogP contribution in [0.15, 0.2) is 36.7 Å². The van der Waals surface area contributed by atoms with E-state index in [-0.39, 0.29) is 0 Å². The number of aryl methyl sites for hydroxylation is 2. The van der Waals surface area contributed by atoms with Crippen molar-refractivity contribution in [2.24, 2.45) is 0 Å². The fraction of sp³-hybridized carbons (Fsp3) is 0.278. The van der Waals surface area contributed by atoms with E-state index in [0.717, 1.165) is 28.1 Å². The first-order valence-corrected chi connectivity index (χ1v) is 8.70. The van der Waals surface area contributed by atoms with Crippen LogP contribution in [0.3, 0.4) is 0 Å². The Hall–Kier alpha value is -2.27. The first-order valence-electron chi connectivity index (χ1n) is 7.88. The minimum atomic E-state index is 0.437. The van der Waals surface area contributed by atoms with Crippen molar-refractivity contribution in [1.29, 1.82) is 0 Å². The molecule has 0 spiro atoms. The van der Waals surface area contributed by atoms with E-state index in [4.69, 9.17) is 10.1 Å². The summed E-state index contributed by atoms with van der Waals surface area (Å²) in [4.78, 5) is 11.8. The van der Waals surface area contributed by atoms with E-state index in [1.807, 2.05) is 4.52 Å². The second kappa shape index (κ2) is 4.61. The number of rotatable bonds is 2. The summed E-state index contributed by atoms with van der Waals surface area (Å²) in [6, 6.07) is 10.7. The van der Waals surface area contributed by atoms with E-state index in [1.54, 1.807) is 17.7 Å². The van der Waals surface area contributed by atoms with Crippen LogP contribution >= 0.6 is 11.3 Å². The molecule has 0 amide bonds. The number of benzene rings is 1. The van der Waals surface area contributed by atoms with Crippen LogP contribution in [-0.4, -0.2) is 19.6 Å². The topological polar surface area (TPSA) is 43.1 Å². The molecule has 3 heterocycles. The van der Waals surface area contributed by atoms with Crippen LogP contribution in [0.4, 0.5) is 0 Å². The standard InChI is InChI=1S/C18H16N4S/c1-10-11(2)23-18-15(10)17-20-16(21-22(17)9-19-18)14-8-13(14)12-6-4-3-5-7-12/h3-7,9,13-14H,8H2,1-2H3. The van der Waals surface area contributed by atoms with E-state index in [9.17, 15) is 0 Å². The van der Waals surface area contributed by atoms with Gasteiger partial charge in [0, 0.05) is 10.8 Å². The number of nitrogens with zero attached hydrogens (tertiary/aromatic N) is 4. The highest BCUT2D eigenvalue weighted by atomic mass is 32.1. The molecule has 4 aromatic rings. The zero-order valence-electron chi connectivity index (χ0n) is 13.0. The Morgan fingerprint density at radius 1 is 1.13 bits per heavy atom. The van der Waals surface area contributed by atoms with Crippen molar-refractivity contribution < 1.29 is 0 Å². The van der Waals surface area contributed by atoms with E-state index in [2.05, 4.69) is 49.2 Å². The number of hydrogen-bond acceptors (Lipinski definition) is 4. The number of hydrogen-bond donors (Lipinski definition) is 0. The summed E-state index contributed by atoms with van der Waals surface area (Å²) in [6.07, 6.45) is 2.93. The van der Waals surface area contributed by atoms with Gasteiger partial charge in [-0.2, -0.15) is 0 Å². The van der Waals surface area contributed by atoms with Gasteiger partial charge in [0.25, 0.3) is 0 Å². The molecule has 5 heteroatoms. The lowest BCUT2D eigenvalue weighted by Gasteiger charge is -1.96. The lowest BCUT2D eigenvalue weighted by atomic mass is 10.1. The molecule has 1 fully saturated rings. The van der Waals surface area contributed by atoms with E-state index < -0.39 is 0 Å². The molecule has 2 unspecified atom stereocenters. The maximum Gasteiger partial charge on any atom is 0.167 e. The lowest BCUT2D eigenvalue weighted by molar-refractivity contribution is 0.850. The Morgan fingerprint density at radius 2 is 1.96 bits per heavy atom. The first kappa shape index (κ1) is 13.2. The maximum atomic E-state index is 4.87.